The monoisotopic (exact) mass is 438 g/mol. The van der Waals surface area contributed by atoms with Gasteiger partial charge in [-0.25, -0.2) is 0 Å². The second-order valence-corrected chi connectivity index (χ2v) is 8.58. The number of nitrogens with zero attached hydrogens (tertiary/aromatic N) is 1. The average molecular weight is 439 g/mol. The summed E-state index contributed by atoms with van der Waals surface area (Å²) in [5.74, 6) is 0.705. The molecule has 1 atom stereocenters. The highest BCUT2D eigenvalue weighted by Crippen LogP contribution is 2.39. The van der Waals surface area contributed by atoms with Crippen LogP contribution in [0.2, 0.25) is 0 Å². The first kappa shape index (κ1) is 19.7. The second-order valence-electron chi connectivity index (χ2n) is 7.60. The van der Waals surface area contributed by atoms with Crippen LogP contribution < -0.4 is 19.7 Å². The summed E-state index contributed by atoms with van der Waals surface area (Å²) >= 11 is 1.44. The number of nitrogens with one attached hydrogen (secondary N) is 1. The number of thiophene rings is 1. The van der Waals surface area contributed by atoms with Crippen LogP contribution in [0.25, 0.3) is 0 Å². The number of rotatable bonds is 6. The summed E-state index contributed by atoms with van der Waals surface area (Å²) in [6, 6.07) is 11.5. The van der Waals surface area contributed by atoms with E-state index in [1.807, 2.05) is 17.5 Å². The van der Waals surface area contributed by atoms with E-state index in [9.17, 15) is 9.59 Å². The van der Waals surface area contributed by atoms with Crippen LogP contribution in [-0.2, 0) is 4.79 Å². The lowest BCUT2D eigenvalue weighted by Gasteiger charge is -2.31. The van der Waals surface area contributed by atoms with E-state index in [1.165, 1.54) is 22.5 Å². The Morgan fingerprint density at radius 2 is 1.90 bits per heavy atom. The molecular weight excluding hydrogens is 416 g/mol. The maximum atomic E-state index is 13.6. The van der Waals surface area contributed by atoms with E-state index in [1.54, 1.807) is 30.3 Å². The fraction of sp³-hybridized carbons (Fsp3) is 0.304. The zero-order valence-corrected chi connectivity index (χ0v) is 17.6. The minimum Gasteiger partial charge on any atom is -0.459 e. The van der Waals surface area contributed by atoms with Crippen molar-refractivity contribution in [2.24, 2.45) is 0 Å². The van der Waals surface area contributed by atoms with Crippen molar-refractivity contribution in [2.45, 2.75) is 37.8 Å². The Morgan fingerprint density at radius 1 is 1.06 bits per heavy atom. The highest BCUT2D eigenvalue weighted by Gasteiger charge is 2.37. The van der Waals surface area contributed by atoms with Gasteiger partial charge in [0, 0.05) is 22.7 Å². The quantitative estimate of drug-likeness (QED) is 0.612. The van der Waals surface area contributed by atoms with Gasteiger partial charge in [-0.15, -0.1) is 11.3 Å². The van der Waals surface area contributed by atoms with Gasteiger partial charge >= 0.3 is 0 Å². The molecule has 0 radical (unpaired) electrons. The minimum absolute atomic E-state index is 0.126. The number of amides is 2. The molecule has 2 amide bonds. The molecule has 5 rings (SSSR count). The van der Waals surface area contributed by atoms with Gasteiger partial charge in [0.15, 0.2) is 23.3 Å². The van der Waals surface area contributed by atoms with Crippen molar-refractivity contribution < 1.29 is 23.5 Å². The van der Waals surface area contributed by atoms with Gasteiger partial charge in [-0.05, 0) is 48.6 Å². The van der Waals surface area contributed by atoms with E-state index in [2.05, 4.69) is 5.32 Å². The first-order chi connectivity index (χ1) is 15.2. The van der Waals surface area contributed by atoms with Crippen LogP contribution in [0.3, 0.4) is 0 Å². The molecule has 7 nitrogen and oxygen atoms in total. The fourth-order valence-corrected chi connectivity index (χ4v) is 4.92. The van der Waals surface area contributed by atoms with E-state index in [0.717, 1.165) is 30.6 Å². The summed E-state index contributed by atoms with van der Waals surface area (Å²) in [4.78, 5) is 29.4. The number of furan rings is 1. The molecule has 31 heavy (non-hydrogen) atoms. The van der Waals surface area contributed by atoms with Gasteiger partial charge in [0.05, 0.1) is 6.26 Å². The van der Waals surface area contributed by atoms with Crippen LogP contribution in [-0.4, -0.2) is 24.6 Å². The summed E-state index contributed by atoms with van der Waals surface area (Å²) < 4.78 is 16.3. The number of anilines is 1. The zero-order chi connectivity index (χ0) is 21.2. The summed E-state index contributed by atoms with van der Waals surface area (Å²) in [5.41, 5.74) is 0.533. The molecule has 1 aliphatic carbocycles. The normalized spacial score (nSPS) is 16.3. The van der Waals surface area contributed by atoms with Crippen molar-refractivity contribution in [3.05, 3.63) is 64.7 Å². The summed E-state index contributed by atoms with van der Waals surface area (Å²) in [6.45, 7) is 0.126. The highest BCUT2D eigenvalue weighted by molar-refractivity contribution is 7.10. The van der Waals surface area contributed by atoms with E-state index in [0.29, 0.717) is 17.2 Å². The third-order valence-corrected chi connectivity index (χ3v) is 6.53. The molecule has 1 saturated carbocycles. The third-order valence-electron chi connectivity index (χ3n) is 5.61. The Labute approximate surface area is 183 Å². The van der Waals surface area contributed by atoms with E-state index in [-0.39, 0.29) is 24.5 Å². The van der Waals surface area contributed by atoms with Gasteiger partial charge in [-0.2, -0.15) is 0 Å². The van der Waals surface area contributed by atoms with Crippen molar-refractivity contribution >= 4 is 28.8 Å². The van der Waals surface area contributed by atoms with E-state index >= 15 is 0 Å². The minimum atomic E-state index is -0.835. The smallest absolute Gasteiger partial charge is 0.295 e. The number of hydrogen-bond donors (Lipinski definition) is 1. The summed E-state index contributed by atoms with van der Waals surface area (Å²) in [5, 5.41) is 5.06. The SMILES string of the molecule is O=C(NC1CCCC1)[C@@H](c1cccs1)N(C(=O)c1ccco1)c1ccc2c(c1)OCO2. The summed E-state index contributed by atoms with van der Waals surface area (Å²) in [7, 11) is 0. The lowest BCUT2D eigenvalue weighted by atomic mass is 10.1. The van der Waals surface area contributed by atoms with Gasteiger partial charge in [0.25, 0.3) is 5.91 Å². The average Bonchev–Trinajstić information content (AvgIpc) is 3.57. The highest BCUT2D eigenvalue weighted by atomic mass is 32.1. The molecule has 0 spiro atoms. The maximum absolute atomic E-state index is 13.6. The van der Waals surface area contributed by atoms with Crippen LogP contribution in [0.4, 0.5) is 5.69 Å². The number of fused-ring (bicyclic) bond motifs is 1. The Balaban J connectivity index is 1.57. The Morgan fingerprint density at radius 3 is 2.65 bits per heavy atom. The predicted molar refractivity (Wildman–Crippen MR) is 116 cm³/mol. The molecule has 0 bridgehead atoms. The number of carbonyl (C=O) groups is 2. The largest absolute Gasteiger partial charge is 0.459 e. The Hall–Kier alpha value is -3.26. The Kier molecular flexibility index (Phi) is 5.38. The molecule has 160 valence electrons. The first-order valence-corrected chi connectivity index (χ1v) is 11.2. The van der Waals surface area contributed by atoms with Crippen molar-refractivity contribution in [2.75, 3.05) is 11.7 Å². The van der Waals surface area contributed by atoms with Crippen molar-refractivity contribution in [1.82, 2.24) is 5.32 Å². The van der Waals surface area contributed by atoms with Gasteiger partial charge in [-0.1, -0.05) is 18.9 Å². The number of hydrogen-bond acceptors (Lipinski definition) is 6. The molecule has 1 aliphatic heterocycles. The van der Waals surface area contributed by atoms with E-state index in [4.69, 9.17) is 13.9 Å². The van der Waals surface area contributed by atoms with Crippen molar-refractivity contribution in [3.63, 3.8) is 0 Å². The predicted octanol–water partition coefficient (Wildman–Crippen LogP) is 4.52. The molecule has 1 fully saturated rings. The standard InChI is InChI=1S/C23H22N2O5S/c26-22(24-15-5-1-2-6-15)21(20-8-4-12-31-20)25(23(27)18-7-3-11-28-18)16-9-10-17-19(13-16)30-14-29-17/h3-4,7-13,15,21H,1-2,5-6,14H2,(H,24,26)/t21-/m1/s1. The maximum Gasteiger partial charge on any atom is 0.295 e. The van der Waals surface area contributed by atoms with Crippen LogP contribution >= 0.6 is 11.3 Å². The zero-order valence-electron chi connectivity index (χ0n) is 16.8. The van der Waals surface area contributed by atoms with Crippen LogP contribution in [0.5, 0.6) is 11.5 Å². The molecule has 3 aromatic rings. The second kappa shape index (κ2) is 8.47. The molecule has 0 saturated heterocycles. The third kappa shape index (κ3) is 3.90. The molecule has 1 aromatic carbocycles. The first-order valence-electron chi connectivity index (χ1n) is 10.3. The lowest BCUT2D eigenvalue weighted by Crippen LogP contribution is -2.46. The van der Waals surface area contributed by atoms with Crippen molar-refractivity contribution in [1.29, 1.82) is 0 Å². The van der Waals surface area contributed by atoms with Gasteiger partial charge < -0.3 is 19.2 Å². The molecular formula is C23H22N2O5S. The topological polar surface area (TPSA) is 81.0 Å². The van der Waals surface area contributed by atoms with Crippen LogP contribution in [0.1, 0.15) is 47.2 Å². The number of ether oxygens (including phenoxy) is 2. The molecule has 0 unspecified atom stereocenters. The Bertz CT molecular complexity index is 1060. The van der Waals surface area contributed by atoms with Crippen LogP contribution in [0, 0.1) is 0 Å². The summed E-state index contributed by atoms with van der Waals surface area (Å²) in [6.07, 6.45) is 5.57. The van der Waals surface area contributed by atoms with E-state index < -0.39 is 11.9 Å². The molecule has 2 aromatic heterocycles. The van der Waals surface area contributed by atoms with Gasteiger partial charge in [-0.3, -0.25) is 14.5 Å². The molecule has 3 heterocycles. The van der Waals surface area contributed by atoms with Gasteiger partial charge in [0.1, 0.15) is 0 Å². The van der Waals surface area contributed by atoms with Crippen LogP contribution in [0.15, 0.2) is 58.5 Å². The van der Waals surface area contributed by atoms with Gasteiger partial charge in [0.2, 0.25) is 12.7 Å². The van der Waals surface area contributed by atoms with Crippen molar-refractivity contribution in [3.8, 4) is 11.5 Å². The molecule has 1 N–H and O–H groups in total. The molecule has 2 aliphatic rings. The molecule has 8 heteroatoms. The lowest BCUT2D eigenvalue weighted by molar-refractivity contribution is -0.123. The number of benzene rings is 1. The fourth-order valence-electron chi connectivity index (χ4n) is 4.11. The number of carbonyl (C=O) groups excluding carboxylic acids is 2.